The molecule has 1 aromatic carbocycles. The van der Waals surface area contributed by atoms with Crippen molar-refractivity contribution >= 4 is 15.9 Å². The summed E-state index contributed by atoms with van der Waals surface area (Å²) in [6.07, 6.45) is 1.87. The normalized spacial score (nSPS) is 12.6. The van der Waals surface area contributed by atoms with Gasteiger partial charge in [-0.25, -0.2) is 0 Å². The molecule has 1 unspecified atom stereocenters. The van der Waals surface area contributed by atoms with Crippen LogP contribution in [0.2, 0.25) is 0 Å². The van der Waals surface area contributed by atoms with Gasteiger partial charge < -0.3 is 9.84 Å². The Balaban J connectivity index is 2.05. The Labute approximate surface area is 121 Å². The third kappa shape index (κ3) is 3.88. The zero-order chi connectivity index (χ0) is 13.7. The maximum Gasteiger partial charge on any atom is 0.228 e. The first kappa shape index (κ1) is 14.2. The number of halogens is 1. The van der Waals surface area contributed by atoms with Crippen molar-refractivity contribution in [3.63, 3.8) is 0 Å². The van der Waals surface area contributed by atoms with Crippen LogP contribution in [0, 0.1) is 0 Å². The molecule has 0 radical (unpaired) electrons. The second-order valence-electron chi connectivity index (χ2n) is 4.55. The van der Waals surface area contributed by atoms with Crippen LogP contribution in [-0.4, -0.2) is 22.7 Å². The molecule has 2 rings (SSSR count). The van der Waals surface area contributed by atoms with Gasteiger partial charge in [-0.05, 0) is 32.0 Å². The largest absolute Gasteiger partial charge is 0.339 e. The molecule has 2 aromatic rings. The smallest absolute Gasteiger partial charge is 0.228 e. The highest BCUT2D eigenvalue weighted by Crippen LogP contribution is 2.25. The summed E-state index contributed by atoms with van der Waals surface area (Å²) in [5.74, 6) is 1.30. The van der Waals surface area contributed by atoms with Gasteiger partial charge in [-0.2, -0.15) is 4.98 Å². The first-order valence-corrected chi connectivity index (χ1v) is 7.31. The van der Waals surface area contributed by atoms with Crippen molar-refractivity contribution in [3.05, 3.63) is 34.6 Å². The standard InChI is InChI=1S/C14H18BrN3O/c1-3-8-16-10(2)9-13-17-14(18-19-13)11-6-4-5-7-12(11)15/h4-7,10,16H,3,8-9H2,1-2H3. The third-order valence-electron chi connectivity index (χ3n) is 2.81. The van der Waals surface area contributed by atoms with Crippen LogP contribution in [0.4, 0.5) is 0 Å². The van der Waals surface area contributed by atoms with Crippen LogP contribution in [0.25, 0.3) is 11.4 Å². The van der Waals surface area contributed by atoms with E-state index in [-0.39, 0.29) is 0 Å². The van der Waals surface area contributed by atoms with Crippen molar-refractivity contribution in [1.82, 2.24) is 15.5 Å². The minimum Gasteiger partial charge on any atom is -0.339 e. The second kappa shape index (κ2) is 6.82. The highest BCUT2D eigenvalue weighted by molar-refractivity contribution is 9.10. The van der Waals surface area contributed by atoms with Crippen molar-refractivity contribution in [2.75, 3.05) is 6.54 Å². The number of hydrogen-bond acceptors (Lipinski definition) is 4. The van der Waals surface area contributed by atoms with Gasteiger partial charge in [0.2, 0.25) is 11.7 Å². The highest BCUT2D eigenvalue weighted by Gasteiger charge is 2.13. The molecule has 19 heavy (non-hydrogen) atoms. The van der Waals surface area contributed by atoms with E-state index in [1.54, 1.807) is 0 Å². The SMILES string of the molecule is CCCNC(C)Cc1nc(-c2ccccc2Br)no1. The van der Waals surface area contributed by atoms with Crippen molar-refractivity contribution < 1.29 is 4.52 Å². The third-order valence-corrected chi connectivity index (χ3v) is 3.50. The fraction of sp³-hybridized carbons (Fsp3) is 0.429. The Morgan fingerprint density at radius 1 is 1.37 bits per heavy atom. The van der Waals surface area contributed by atoms with E-state index in [4.69, 9.17) is 4.52 Å². The Morgan fingerprint density at radius 2 is 2.16 bits per heavy atom. The minimum absolute atomic E-state index is 0.340. The summed E-state index contributed by atoms with van der Waals surface area (Å²) in [4.78, 5) is 4.44. The van der Waals surface area contributed by atoms with E-state index in [1.807, 2.05) is 24.3 Å². The van der Waals surface area contributed by atoms with E-state index < -0.39 is 0 Å². The Hall–Kier alpha value is -1.20. The van der Waals surface area contributed by atoms with Gasteiger partial charge in [0.1, 0.15) is 0 Å². The van der Waals surface area contributed by atoms with Crippen molar-refractivity contribution in [3.8, 4) is 11.4 Å². The molecule has 0 saturated heterocycles. The topological polar surface area (TPSA) is 51.0 Å². The minimum atomic E-state index is 0.340. The molecule has 102 valence electrons. The molecule has 0 fully saturated rings. The lowest BCUT2D eigenvalue weighted by Crippen LogP contribution is -2.28. The molecule has 1 atom stereocenters. The van der Waals surface area contributed by atoms with Crippen LogP contribution in [0.5, 0.6) is 0 Å². The van der Waals surface area contributed by atoms with E-state index in [2.05, 4.69) is 45.2 Å². The summed E-state index contributed by atoms with van der Waals surface area (Å²) < 4.78 is 6.27. The molecule has 4 nitrogen and oxygen atoms in total. The Bertz CT molecular complexity index is 527. The van der Waals surface area contributed by atoms with E-state index in [0.29, 0.717) is 17.8 Å². The van der Waals surface area contributed by atoms with Crippen molar-refractivity contribution in [1.29, 1.82) is 0 Å². The summed E-state index contributed by atoms with van der Waals surface area (Å²) in [5, 5.41) is 7.44. The first-order valence-electron chi connectivity index (χ1n) is 6.51. The number of aromatic nitrogens is 2. The maximum absolute atomic E-state index is 5.30. The summed E-state index contributed by atoms with van der Waals surface area (Å²) in [7, 11) is 0. The lowest BCUT2D eigenvalue weighted by atomic mass is 10.2. The number of benzene rings is 1. The Morgan fingerprint density at radius 3 is 2.89 bits per heavy atom. The van der Waals surface area contributed by atoms with E-state index in [1.165, 1.54) is 0 Å². The van der Waals surface area contributed by atoms with E-state index in [9.17, 15) is 0 Å². The molecule has 1 heterocycles. The zero-order valence-corrected chi connectivity index (χ0v) is 12.8. The summed E-state index contributed by atoms with van der Waals surface area (Å²) in [5.41, 5.74) is 0.951. The molecule has 0 aliphatic heterocycles. The van der Waals surface area contributed by atoms with Gasteiger partial charge in [0, 0.05) is 22.5 Å². The summed E-state index contributed by atoms with van der Waals surface area (Å²) >= 11 is 3.49. The van der Waals surface area contributed by atoms with Gasteiger partial charge in [-0.15, -0.1) is 0 Å². The highest BCUT2D eigenvalue weighted by atomic mass is 79.9. The number of rotatable bonds is 6. The molecular weight excluding hydrogens is 306 g/mol. The molecule has 1 aromatic heterocycles. The fourth-order valence-electron chi connectivity index (χ4n) is 1.81. The van der Waals surface area contributed by atoms with Gasteiger partial charge in [0.15, 0.2) is 0 Å². The predicted octanol–water partition coefficient (Wildman–Crippen LogP) is 3.43. The monoisotopic (exact) mass is 323 g/mol. The number of hydrogen-bond donors (Lipinski definition) is 1. The van der Waals surface area contributed by atoms with E-state index >= 15 is 0 Å². The van der Waals surface area contributed by atoms with Crippen LogP contribution in [-0.2, 0) is 6.42 Å². The lowest BCUT2D eigenvalue weighted by molar-refractivity contribution is 0.362. The van der Waals surface area contributed by atoms with Crippen molar-refractivity contribution in [2.45, 2.75) is 32.7 Å². The van der Waals surface area contributed by atoms with Gasteiger partial charge >= 0.3 is 0 Å². The molecule has 0 bridgehead atoms. The summed E-state index contributed by atoms with van der Waals surface area (Å²) in [6, 6.07) is 8.20. The molecule has 0 aliphatic rings. The molecule has 0 amide bonds. The molecule has 5 heteroatoms. The zero-order valence-electron chi connectivity index (χ0n) is 11.2. The van der Waals surface area contributed by atoms with Crippen LogP contribution < -0.4 is 5.32 Å². The fourth-order valence-corrected chi connectivity index (χ4v) is 2.28. The van der Waals surface area contributed by atoms with Gasteiger partial charge in [0.05, 0.1) is 0 Å². The maximum atomic E-state index is 5.30. The van der Waals surface area contributed by atoms with Crippen LogP contribution in [0.3, 0.4) is 0 Å². The second-order valence-corrected chi connectivity index (χ2v) is 5.41. The van der Waals surface area contributed by atoms with Gasteiger partial charge in [0.25, 0.3) is 0 Å². The number of nitrogens with one attached hydrogen (secondary N) is 1. The quantitative estimate of drug-likeness (QED) is 0.884. The molecule has 0 saturated carbocycles. The van der Waals surface area contributed by atoms with E-state index in [0.717, 1.165) is 29.4 Å². The average Bonchev–Trinajstić information content (AvgIpc) is 2.85. The van der Waals surface area contributed by atoms with Crippen LogP contribution >= 0.6 is 15.9 Å². The molecule has 0 spiro atoms. The molecular formula is C14H18BrN3O. The average molecular weight is 324 g/mol. The molecule has 1 N–H and O–H groups in total. The van der Waals surface area contributed by atoms with Crippen molar-refractivity contribution in [2.24, 2.45) is 0 Å². The van der Waals surface area contributed by atoms with Gasteiger partial charge in [-0.3, -0.25) is 0 Å². The summed E-state index contributed by atoms with van der Waals surface area (Å²) in [6.45, 7) is 5.28. The van der Waals surface area contributed by atoms with Crippen LogP contribution in [0.15, 0.2) is 33.3 Å². The first-order chi connectivity index (χ1) is 9.20. The van der Waals surface area contributed by atoms with Gasteiger partial charge in [-0.1, -0.05) is 40.1 Å². The molecule has 0 aliphatic carbocycles. The lowest BCUT2D eigenvalue weighted by Gasteiger charge is -2.09. The number of nitrogens with zero attached hydrogens (tertiary/aromatic N) is 2. The Kier molecular flexibility index (Phi) is 5.10. The predicted molar refractivity (Wildman–Crippen MR) is 78.9 cm³/mol. The van der Waals surface area contributed by atoms with Crippen LogP contribution in [0.1, 0.15) is 26.2 Å².